The van der Waals surface area contributed by atoms with Crippen molar-refractivity contribution in [1.29, 1.82) is 0 Å². The van der Waals surface area contributed by atoms with E-state index in [1.807, 2.05) is 55.4 Å². The van der Waals surface area contributed by atoms with Gasteiger partial charge in [-0.25, -0.2) is 9.59 Å². The number of carbonyl (C=O) groups is 2. The quantitative estimate of drug-likeness (QED) is 0.646. The van der Waals surface area contributed by atoms with Gasteiger partial charge in [-0.05, 0) is 68.2 Å². The third-order valence-corrected chi connectivity index (χ3v) is 4.36. The summed E-state index contributed by atoms with van der Waals surface area (Å²) < 4.78 is 10.4. The summed E-state index contributed by atoms with van der Waals surface area (Å²) in [5.41, 5.74) is -0.936. The van der Waals surface area contributed by atoms with Gasteiger partial charge in [-0.2, -0.15) is 0 Å². The summed E-state index contributed by atoms with van der Waals surface area (Å²) in [5, 5.41) is 18.7. The number of hydrogen-bond acceptors (Lipinski definition) is 6. The smallest absolute Gasteiger partial charge is 0.410 e. The molecule has 0 aromatic rings. The van der Waals surface area contributed by atoms with Crippen molar-refractivity contribution >= 4 is 12.2 Å². The van der Waals surface area contributed by atoms with Crippen LogP contribution in [0.1, 0.15) is 68.2 Å². The summed E-state index contributed by atoms with van der Waals surface area (Å²) in [6, 6.07) is 0.139. The largest absolute Gasteiger partial charge is 0.444 e. The molecule has 8 nitrogen and oxygen atoms in total. The number of rotatable bonds is 0. The van der Waals surface area contributed by atoms with E-state index in [1.165, 1.54) is 0 Å². The Hall–Kier alpha value is -1.54. The van der Waals surface area contributed by atoms with Crippen LogP contribution in [0.2, 0.25) is 0 Å². The van der Waals surface area contributed by atoms with Crippen LogP contribution < -0.4 is 0 Å². The maximum absolute atomic E-state index is 11.6. The molecule has 0 aromatic carbocycles. The summed E-state index contributed by atoms with van der Waals surface area (Å²) in [6.07, 6.45) is -0.198. The van der Waals surface area contributed by atoms with Crippen LogP contribution in [0, 0.1) is 0 Å². The SMILES string of the molecule is C[C@@H]1C[C@H](O)CN1C(=O)OC(C)(C)C.C[C@H]1C[C@@H](O)CN1C(=O)OC(C)(C)C. The Balaban J connectivity index is 0.000000280. The number of amides is 2. The lowest BCUT2D eigenvalue weighted by atomic mass is 10.2. The molecule has 2 amide bonds. The van der Waals surface area contributed by atoms with Gasteiger partial charge in [0, 0.05) is 12.1 Å². The second-order valence-electron chi connectivity index (χ2n) is 9.74. The molecule has 0 bridgehead atoms. The molecule has 4 atom stereocenters. The van der Waals surface area contributed by atoms with Crippen molar-refractivity contribution in [3.05, 3.63) is 0 Å². The Morgan fingerprint density at radius 2 is 1.04 bits per heavy atom. The van der Waals surface area contributed by atoms with Crippen molar-refractivity contribution in [3.63, 3.8) is 0 Å². The van der Waals surface area contributed by atoms with Gasteiger partial charge in [-0.15, -0.1) is 0 Å². The molecule has 0 aliphatic carbocycles. The van der Waals surface area contributed by atoms with E-state index in [4.69, 9.17) is 9.47 Å². The van der Waals surface area contributed by atoms with Crippen LogP contribution in [0.4, 0.5) is 9.59 Å². The van der Waals surface area contributed by atoms with Gasteiger partial charge in [0.25, 0.3) is 0 Å². The van der Waals surface area contributed by atoms with Crippen molar-refractivity contribution in [2.24, 2.45) is 0 Å². The zero-order valence-corrected chi connectivity index (χ0v) is 18.6. The van der Waals surface area contributed by atoms with E-state index in [0.717, 1.165) is 0 Å². The third kappa shape index (κ3) is 8.22. The highest BCUT2D eigenvalue weighted by atomic mass is 16.6. The standard InChI is InChI=1S/2C10H19NO3/c2*1-7-5-8(12)6-11(7)9(13)14-10(2,3)4/h2*7-8,12H,5-6H2,1-4H3/t2*7-,8+/m10/s1. The molecule has 2 aliphatic rings. The zero-order chi connectivity index (χ0) is 21.9. The lowest BCUT2D eigenvalue weighted by molar-refractivity contribution is 0.0210. The van der Waals surface area contributed by atoms with Crippen LogP contribution in [0.5, 0.6) is 0 Å². The van der Waals surface area contributed by atoms with Crippen LogP contribution in [0.3, 0.4) is 0 Å². The van der Waals surface area contributed by atoms with Gasteiger partial charge in [0.05, 0.1) is 25.3 Å². The van der Waals surface area contributed by atoms with Crippen molar-refractivity contribution in [2.45, 2.75) is 104 Å². The molecule has 0 unspecified atom stereocenters. The average Bonchev–Trinajstić information content (AvgIpc) is 2.97. The molecule has 0 saturated carbocycles. The summed E-state index contributed by atoms with van der Waals surface area (Å²) in [4.78, 5) is 26.4. The summed E-state index contributed by atoms with van der Waals surface area (Å²) in [5.74, 6) is 0. The van der Waals surface area contributed by atoms with Gasteiger partial charge in [0.2, 0.25) is 0 Å². The first-order chi connectivity index (χ1) is 12.6. The molecule has 2 heterocycles. The number of β-amino-alcohol motifs (C(OH)–C–C–N with tert-alkyl or cyclic N) is 2. The fourth-order valence-electron chi connectivity index (χ4n) is 3.16. The van der Waals surface area contributed by atoms with E-state index in [2.05, 4.69) is 0 Å². The average molecular weight is 403 g/mol. The first-order valence-electron chi connectivity index (χ1n) is 9.94. The Kier molecular flexibility index (Phi) is 8.14. The number of hydrogen-bond donors (Lipinski definition) is 2. The number of nitrogens with zero attached hydrogens (tertiary/aromatic N) is 2. The van der Waals surface area contributed by atoms with Crippen molar-refractivity contribution in [3.8, 4) is 0 Å². The van der Waals surface area contributed by atoms with E-state index in [0.29, 0.717) is 25.9 Å². The van der Waals surface area contributed by atoms with Crippen LogP contribution in [-0.2, 0) is 9.47 Å². The highest BCUT2D eigenvalue weighted by Crippen LogP contribution is 2.21. The molecule has 0 radical (unpaired) electrons. The summed E-state index contributed by atoms with van der Waals surface area (Å²) >= 11 is 0. The molecule has 2 fully saturated rings. The highest BCUT2D eigenvalue weighted by molar-refractivity contribution is 5.69. The topological polar surface area (TPSA) is 99.5 Å². The Morgan fingerprint density at radius 1 is 0.750 bits per heavy atom. The Bertz CT molecular complexity index is 492. The number of carbonyl (C=O) groups excluding carboxylic acids is 2. The van der Waals surface area contributed by atoms with Gasteiger partial charge in [0.15, 0.2) is 0 Å². The van der Waals surface area contributed by atoms with Crippen LogP contribution >= 0.6 is 0 Å². The van der Waals surface area contributed by atoms with E-state index >= 15 is 0 Å². The van der Waals surface area contributed by atoms with Crippen molar-refractivity contribution < 1.29 is 29.3 Å². The van der Waals surface area contributed by atoms with E-state index in [1.54, 1.807) is 9.80 Å². The molecule has 2 N–H and O–H groups in total. The first kappa shape index (κ1) is 24.5. The molecule has 28 heavy (non-hydrogen) atoms. The fraction of sp³-hybridized carbons (Fsp3) is 0.900. The predicted molar refractivity (Wildman–Crippen MR) is 106 cm³/mol. The first-order valence-corrected chi connectivity index (χ1v) is 9.94. The number of likely N-dealkylation sites (tertiary alicyclic amines) is 2. The lowest BCUT2D eigenvalue weighted by Crippen LogP contribution is -2.39. The molecule has 164 valence electrons. The van der Waals surface area contributed by atoms with Crippen molar-refractivity contribution in [1.82, 2.24) is 9.80 Å². The Labute approximate surface area is 168 Å². The summed E-state index contributed by atoms with van der Waals surface area (Å²) in [7, 11) is 0. The number of aliphatic hydroxyl groups excluding tert-OH is 2. The molecule has 0 aromatic heterocycles. The van der Waals surface area contributed by atoms with Gasteiger partial charge in [-0.1, -0.05) is 0 Å². The van der Waals surface area contributed by atoms with Gasteiger partial charge < -0.3 is 29.5 Å². The van der Waals surface area contributed by atoms with Gasteiger partial charge in [0.1, 0.15) is 11.2 Å². The highest BCUT2D eigenvalue weighted by Gasteiger charge is 2.34. The lowest BCUT2D eigenvalue weighted by Gasteiger charge is -2.26. The molecule has 2 saturated heterocycles. The minimum Gasteiger partial charge on any atom is -0.444 e. The summed E-state index contributed by atoms with van der Waals surface area (Å²) in [6.45, 7) is 15.6. The van der Waals surface area contributed by atoms with E-state index < -0.39 is 23.4 Å². The monoisotopic (exact) mass is 402 g/mol. The molecule has 2 rings (SSSR count). The van der Waals surface area contributed by atoms with Crippen LogP contribution in [0.25, 0.3) is 0 Å². The van der Waals surface area contributed by atoms with Crippen molar-refractivity contribution in [2.75, 3.05) is 13.1 Å². The predicted octanol–water partition coefficient (Wildman–Crippen LogP) is 2.75. The van der Waals surface area contributed by atoms with E-state index in [9.17, 15) is 19.8 Å². The molecular formula is C20H38N2O6. The molecule has 0 spiro atoms. The maximum atomic E-state index is 11.6. The number of ether oxygens (including phenoxy) is 2. The molecule has 8 heteroatoms. The maximum Gasteiger partial charge on any atom is 0.410 e. The number of aliphatic hydroxyl groups is 2. The minimum atomic E-state index is -0.468. The normalized spacial score (nSPS) is 27.9. The third-order valence-electron chi connectivity index (χ3n) is 4.36. The second kappa shape index (κ2) is 9.31. The minimum absolute atomic E-state index is 0.0693. The fourth-order valence-corrected chi connectivity index (χ4v) is 3.16. The van der Waals surface area contributed by atoms with E-state index in [-0.39, 0.29) is 24.3 Å². The second-order valence-corrected chi connectivity index (χ2v) is 9.74. The van der Waals surface area contributed by atoms with Crippen LogP contribution in [-0.4, -0.2) is 80.8 Å². The van der Waals surface area contributed by atoms with Crippen LogP contribution in [0.15, 0.2) is 0 Å². The van der Waals surface area contributed by atoms with Gasteiger partial charge in [-0.3, -0.25) is 0 Å². The Morgan fingerprint density at radius 3 is 1.21 bits per heavy atom. The van der Waals surface area contributed by atoms with Gasteiger partial charge >= 0.3 is 12.2 Å². The molecular weight excluding hydrogens is 364 g/mol. The molecule has 2 aliphatic heterocycles. The zero-order valence-electron chi connectivity index (χ0n) is 18.6.